The number of amides is 5. The van der Waals surface area contributed by atoms with Gasteiger partial charge in [-0.15, -0.1) is 0 Å². The van der Waals surface area contributed by atoms with Crippen LogP contribution in [-0.2, 0) is 56.9 Å². The van der Waals surface area contributed by atoms with Crippen molar-refractivity contribution in [1.29, 1.82) is 0 Å². The van der Waals surface area contributed by atoms with Crippen LogP contribution < -0.4 is 0 Å². The van der Waals surface area contributed by atoms with Gasteiger partial charge in [0.15, 0.2) is 0 Å². The number of imide groups is 2. The SMILES string of the molecule is CN(Cc1cc(C(C)(C)C)c(O)c(C(C)(C)C)c1)C(=O)N(Cc1cc(C(C)(C)C)c(O)c(C(C)(C)C)c1)C(=O)N(C=O)Cc1cc(C(C)(C)C)c(O)c(C(C)(C)C)c1. The minimum Gasteiger partial charge on any atom is -0.507 e. The molecule has 0 aliphatic heterocycles. The van der Waals surface area contributed by atoms with Crippen LogP contribution in [0.4, 0.5) is 9.59 Å². The molecule has 0 atom stereocenters. The van der Waals surface area contributed by atoms with Crippen molar-refractivity contribution in [2.24, 2.45) is 0 Å². The molecule has 3 aromatic carbocycles. The summed E-state index contributed by atoms with van der Waals surface area (Å²) in [7, 11) is 1.62. The van der Waals surface area contributed by atoms with Crippen molar-refractivity contribution in [3.05, 3.63) is 86.5 Å². The van der Waals surface area contributed by atoms with E-state index in [0.29, 0.717) is 39.8 Å². The second-order valence-corrected chi connectivity index (χ2v) is 22.4. The van der Waals surface area contributed by atoms with Gasteiger partial charge in [-0.1, -0.05) is 125 Å². The predicted octanol–water partition coefficient (Wildman–Crippen LogP) is 11.4. The van der Waals surface area contributed by atoms with Crippen LogP contribution in [0.25, 0.3) is 0 Å². The van der Waals surface area contributed by atoms with E-state index in [1.165, 1.54) is 4.90 Å². The molecule has 0 spiro atoms. The first-order valence-electron chi connectivity index (χ1n) is 20.4. The first-order chi connectivity index (χ1) is 26.0. The van der Waals surface area contributed by atoms with Crippen LogP contribution in [0.5, 0.6) is 17.2 Å². The molecule has 0 radical (unpaired) electrons. The van der Waals surface area contributed by atoms with E-state index in [-0.39, 0.29) is 36.9 Å². The van der Waals surface area contributed by atoms with Crippen molar-refractivity contribution in [3.63, 3.8) is 0 Å². The Balaban J connectivity index is 2.26. The molecule has 5 amide bonds. The maximum Gasteiger partial charge on any atom is 0.335 e. The van der Waals surface area contributed by atoms with Crippen molar-refractivity contribution < 1.29 is 29.7 Å². The quantitative estimate of drug-likeness (QED) is 0.205. The minimum atomic E-state index is -0.811. The van der Waals surface area contributed by atoms with E-state index in [4.69, 9.17) is 0 Å². The maximum absolute atomic E-state index is 14.8. The number of nitrogens with zero attached hydrogens (tertiary/aromatic N) is 3. The molecule has 0 aliphatic rings. The Labute approximate surface area is 349 Å². The maximum atomic E-state index is 14.8. The number of hydrogen-bond acceptors (Lipinski definition) is 6. The lowest BCUT2D eigenvalue weighted by atomic mass is 9.78. The van der Waals surface area contributed by atoms with Gasteiger partial charge in [0.2, 0.25) is 6.41 Å². The van der Waals surface area contributed by atoms with Crippen LogP contribution in [0.2, 0.25) is 0 Å². The fraction of sp³-hybridized carbons (Fsp3) is 0.571. The van der Waals surface area contributed by atoms with Crippen LogP contribution in [0, 0.1) is 0 Å². The Morgan fingerprint density at radius 3 is 0.931 bits per heavy atom. The summed E-state index contributed by atoms with van der Waals surface area (Å²) < 4.78 is 0. The molecule has 3 N–H and O–H groups in total. The van der Waals surface area contributed by atoms with Gasteiger partial charge in [-0.05, 0) is 119 Å². The predicted molar refractivity (Wildman–Crippen MR) is 236 cm³/mol. The fourth-order valence-electron chi connectivity index (χ4n) is 7.24. The van der Waals surface area contributed by atoms with Crippen LogP contribution in [0.3, 0.4) is 0 Å². The Bertz CT molecular complexity index is 1920. The van der Waals surface area contributed by atoms with Crippen molar-refractivity contribution in [1.82, 2.24) is 14.7 Å². The molecule has 58 heavy (non-hydrogen) atoms. The largest absolute Gasteiger partial charge is 0.507 e. The molecule has 0 saturated heterocycles. The second-order valence-electron chi connectivity index (χ2n) is 22.4. The highest BCUT2D eigenvalue weighted by molar-refractivity contribution is 5.97. The topological polar surface area (TPSA) is 122 Å². The summed E-state index contributed by atoms with van der Waals surface area (Å²) in [5.74, 6) is 0.584. The van der Waals surface area contributed by atoms with Gasteiger partial charge in [0.25, 0.3) is 0 Å². The van der Waals surface area contributed by atoms with E-state index in [2.05, 4.69) is 0 Å². The normalized spacial score (nSPS) is 13.0. The van der Waals surface area contributed by atoms with Crippen LogP contribution in [0.1, 0.15) is 175 Å². The van der Waals surface area contributed by atoms with Crippen LogP contribution >= 0.6 is 0 Å². The van der Waals surface area contributed by atoms with Gasteiger partial charge in [0, 0.05) is 13.6 Å². The van der Waals surface area contributed by atoms with E-state index in [1.807, 2.05) is 161 Å². The third kappa shape index (κ3) is 10.9. The molecule has 9 heteroatoms. The lowest BCUT2D eigenvalue weighted by Crippen LogP contribution is -2.49. The molecule has 0 fully saturated rings. The fourth-order valence-corrected chi connectivity index (χ4v) is 7.24. The van der Waals surface area contributed by atoms with Crippen LogP contribution in [0.15, 0.2) is 36.4 Å². The standard InChI is InChI=1S/C49H73N3O6/c1-44(2,3)33-20-30(21-34(39(33)54)45(4,5)6)26-50(19)42(57)52(28-32-24-37(48(13,14)15)41(56)38(25-32)49(16,17)18)43(58)51(29-53)27-31-22-35(46(7,8)9)40(55)36(23-31)47(10,11)12/h20-25,29,54-56H,26-28H2,1-19H3. The Morgan fingerprint density at radius 2 is 0.690 bits per heavy atom. The van der Waals surface area contributed by atoms with E-state index < -0.39 is 44.6 Å². The average Bonchev–Trinajstić information content (AvgIpc) is 3.04. The zero-order chi connectivity index (χ0) is 44.9. The molecule has 0 aromatic heterocycles. The lowest BCUT2D eigenvalue weighted by molar-refractivity contribution is -0.116. The number of carbonyl (C=O) groups excluding carboxylic acids is 3. The summed E-state index contributed by atoms with van der Waals surface area (Å²) in [5.41, 5.74) is 3.68. The van der Waals surface area contributed by atoms with E-state index in [0.717, 1.165) is 26.5 Å². The highest BCUT2D eigenvalue weighted by atomic mass is 16.3. The summed E-state index contributed by atoms with van der Waals surface area (Å²) in [6.45, 7) is 35.9. The lowest BCUT2D eigenvalue weighted by Gasteiger charge is -2.33. The number of rotatable bonds is 7. The number of carbonyl (C=O) groups is 3. The van der Waals surface area contributed by atoms with Crippen molar-refractivity contribution in [3.8, 4) is 17.2 Å². The van der Waals surface area contributed by atoms with Crippen molar-refractivity contribution in [2.75, 3.05) is 7.05 Å². The van der Waals surface area contributed by atoms with Gasteiger partial charge in [0.1, 0.15) is 17.2 Å². The Hall–Kier alpha value is -4.53. The summed E-state index contributed by atoms with van der Waals surface area (Å²) in [6, 6.07) is 9.69. The smallest absolute Gasteiger partial charge is 0.335 e. The molecule has 3 rings (SSSR count). The summed E-state index contributed by atoms with van der Waals surface area (Å²) in [4.78, 5) is 46.1. The first kappa shape index (κ1) is 47.8. The van der Waals surface area contributed by atoms with Crippen LogP contribution in [-0.4, -0.2) is 55.5 Å². The summed E-state index contributed by atoms with van der Waals surface area (Å²) in [5, 5.41) is 34.2. The molecule has 0 unspecified atom stereocenters. The third-order valence-electron chi connectivity index (χ3n) is 10.6. The summed E-state index contributed by atoms with van der Waals surface area (Å²) >= 11 is 0. The van der Waals surface area contributed by atoms with Gasteiger partial charge >= 0.3 is 12.1 Å². The third-order valence-corrected chi connectivity index (χ3v) is 10.6. The highest BCUT2D eigenvalue weighted by Crippen LogP contribution is 2.43. The van der Waals surface area contributed by atoms with E-state index in [9.17, 15) is 29.7 Å². The van der Waals surface area contributed by atoms with Gasteiger partial charge in [-0.2, -0.15) is 0 Å². The van der Waals surface area contributed by atoms with Crippen molar-refractivity contribution >= 4 is 18.5 Å². The van der Waals surface area contributed by atoms with Gasteiger partial charge in [-0.25, -0.2) is 14.5 Å². The summed E-state index contributed by atoms with van der Waals surface area (Å²) in [6.07, 6.45) is 0.451. The van der Waals surface area contributed by atoms with Crippen molar-refractivity contribution in [2.45, 2.75) is 177 Å². The van der Waals surface area contributed by atoms with Gasteiger partial charge in [0.05, 0.1) is 13.1 Å². The number of urea groups is 2. The van der Waals surface area contributed by atoms with Gasteiger partial charge in [-0.3, -0.25) is 9.69 Å². The number of benzene rings is 3. The first-order valence-corrected chi connectivity index (χ1v) is 20.4. The average molecular weight is 800 g/mol. The number of phenolic OH excluding ortho intramolecular Hbond substituents is 3. The molecular formula is C49H73N3O6. The highest BCUT2D eigenvalue weighted by Gasteiger charge is 2.34. The van der Waals surface area contributed by atoms with E-state index in [1.54, 1.807) is 7.05 Å². The molecular weight excluding hydrogens is 727 g/mol. The van der Waals surface area contributed by atoms with Gasteiger partial charge < -0.3 is 20.2 Å². The molecule has 320 valence electrons. The molecule has 0 bridgehead atoms. The molecule has 0 saturated carbocycles. The monoisotopic (exact) mass is 800 g/mol. The zero-order valence-electron chi connectivity index (χ0n) is 39.1. The Morgan fingerprint density at radius 1 is 0.448 bits per heavy atom. The number of aromatic hydroxyl groups is 3. The molecule has 0 heterocycles. The Kier molecular flexibility index (Phi) is 13.4. The zero-order valence-corrected chi connectivity index (χ0v) is 39.1. The molecule has 0 aliphatic carbocycles. The molecule has 9 nitrogen and oxygen atoms in total. The molecule has 3 aromatic rings. The minimum absolute atomic E-state index is 0.119. The second kappa shape index (κ2) is 16.3. The number of hydrogen-bond donors (Lipinski definition) is 3. The van der Waals surface area contributed by atoms with E-state index >= 15 is 0 Å². The number of phenols is 3.